The van der Waals surface area contributed by atoms with Gasteiger partial charge in [0.15, 0.2) is 0 Å². The van der Waals surface area contributed by atoms with Crippen LogP contribution in [0.1, 0.15) is 19.3 Å². The first kappa shape index (κ1) is 19.9. The van der Waals surface area contributed by atoms with Crippen LogP contribution in [-0.4, -0.2) is 27.9 Å². The van der Waals surface area contributed by atoms with Crippen LogP contribution < -0.4 is 0 Å². The first-order chi connectivity index (χ1) is 11.1. The molecule has 2 atom stereocenters. The van der Waals surface area contributed by atoms with Crippen molar-refractivity contribution in [1.82, 2.24) is 0 Å². The monoisotopic (exact) mass is 416 g/mol. The van der Waals surface area contributed by atoms with Crippen molar-refractivity contribution in [2.75, 3.05) is 0 Å². The molecule has 144 valence electrons. The van der Waals surface area contributed by atoms with Crippen molar-refractivity contribution >= 4 is 20.2 Å². The minimum absolute atomic E-state index is 0.276. The Morgan fingerprint density at radius 2 is 1.08 bits per heavy atom. The first-order valence-electron chi connectivity index (χ1n) is 6.53. The van der Waals surface area contributed by atoms with Crippen molar-refractivity contribution < 1.29 is 51.5 Å². The van der Waals surface area contributed by atoms with E-state index in [1.807, 2.05) is 0 Å². The van der Waals surface area contributed by atoms with E-state index in [-0.39, 0.29) is 19.3 Å². The number of hydrogen-bond donors (Lipinski definition) is 0. The largest absolute Gasteiger partial charge is 0.534 e. The Hall–Kier alpha value is -1.44. The lowest BCUT2D eigenvalue weighted by Gasteiger charge is -2.31. The van der Waals surface area contributed by atoms with E-state index in [0.29, 0.717) is 0 Å². The lowest BCUT2D eigenvalue weighted by Crippen LogP contribution is -2.29. The van der Waals surface area contributed by atoms with Crippen LogP contribution in [0.15, 0.2) is 23.7 Å². The molecule has 6 nitrogen and oxygen atoms in total. The Morgan fingerprint density at radius 3 is 1.36 bits per heavy atom. The second-order valence-electron chi connectivity index (χ2n) is 5.40. The highest BCUT2D eigenvalue weighted by molar-refractivity contribution is 7.88. The SMILES string of the molecule is O=S(=O)(OC1=CC2CC(OS(=O)(=O)C(F)(F)F)=CC(C1)C2)C(F)(F)F. The van der Waals surface area contributed by atoms with Crippen LogP contribution in [0, 0.1) is 11.8 Å². The average molecular weight is 416 g/mol. The smallest absolute Gasteiger partial charge is 0.381 e. The molecule has 0 saturated carbocycles. The van der Waals surface area contributed by atoms with Gasteiger partial charge in [-0.1, -0.05) is 0 Å². The molecule has 14 heteroatoms. The van der Waals surface area contributed by atoms with E-state index in [4.69, 9.17) is 0 Å². The Balaban J connectivity index is 2.13. The first-order valence-corrected chi connectivity index (χ1v) is 9.35. The Kier molecular flexibility index (Phi) is 4.83. The summed E-state index contributed by atoms with van der Waals surface area (Å²) in [5, 5.41) is 0. The van der Waals surface area contributed by atoms with Gasteiger partial charge in [-0.3, -0.25) is 0 Å². The quantitative estimate of drug-likeness (QED) is 0.398. The molecule has 2 unspecified atom stereocenters. The van der Waals surface area contributed by atoms with Crippen LogP contribution in [0.25, 0.3) is 0 Å². The van der Waals surface area contributed by atoms with Crippen LogP contribution >= 0.6 is 0 Å². The van der Waals surface area contributed by atoms with Crippen molar-refractivity contribution in [3.05, 3.63) is 23.7 Å². The summed E-state index contributed by atoms with van der Waals surface area (Å²) in [6.07, 6.45) is 1.58. The standard InChI is InChI=1S/C11H10F6O6S2/c12-10(13,14)24(18,19)22-8-2-6-1-7(4-8)5-9(3-6)23-25(20,21)11(15,16)17/h2,5-7H,1,3-4H2. The van der Waals surface area contributed by atoms with Gasteiger partial charge in [-0.25, -0.2) is 0 Å². The highest BCUT2D eigenvalue weighted by Gasteiger charge is 2.50. The van der Waals surface area contributed by atoms with Gasteiger partial charge in [-0.15, -0.1) is 0 Å². The molecule has 0 aliphatic heterocycles. The number of alkyl halides is 6. The number of halogens is 6. The van der Waals surface area contributed by atoms with Crippen LogP contribution in [0.4, 0.5) is 26.3 Å². The zero-order chi connectivity index (χ0) is 19.3. The normalized spacial score (nSPS) is 25.0. The summed E-state index contributed by atoms with van der Waals surface area (Å²) < 4.78 is 126. The van der Waals surface area contributed by atoms with Gasteiger partial charge >= 0.3 is 31.3 Å². The maximum atomic E-state index is 12.3. The molecule has 0 N–H and O–H groups in total. The van der Waals surface area contributed by atoms with E-state index >= 15 is 0 Å². The molecule has 0 aromatic heterocycles. The minimum atomic E-state index is -5.85. The van der Waals surface area contributed by atoms with Gasteiger partial charge in [0, 0.05) is 12.8 Å². The van der Waals surface area contributed by atoms with E-state index in [2.05, 4.69) is 8.37 Å². The van der Waals surface area contributed by atoms with Gasteiger partial charge in [-0.05, 0) is 30.4 Å². The molecular weight excluding hydrogens is 406 g/mol. The Morgan fingerprint density at radius 1 is 0.760 bits per heavy atom. The zero-order valence-corrected chi connectivity index (χ0v) is 13.6. The molecule has 0 fully saturated rings. The minimum Gasteiger partial charge on any atom is -0.381 e. The van der Waals surface area contributed by atoms with Crippen molar-refractivity contribution in [3.63, 3.8) is 0 Å². The molecule has 2 aliphatic carbocycles. The summed E-state index contributed by atoms with van der Waals surface area (Å²) in [5.41, 5.74) is -11.2. The molecule has 0 spiro atoms. The summed E-state index contributed by atoms with van der Waals surface area (Å²) in [6, 6.07) is 0. The highest BCUT2D eigenvalue weighted by Crippen LogP contribution is 2.41. The van der Waals surface area contributed by atoms with Gasteiger partial charge < -0.3 is 8.37 Å². The van der Waals surface area contributed by atoms with Crippen molar-refractivity contribution in [2.45, 2.75) is 30.3 Å². The van der Waals surface area contributed by atoms with Gasteiger partial charge in [0.25, 0.3) is 0 Å². The molecule has 0 saturated heterocycles. The fourth-order valence-corrected chi connectivity index (χ4v) is 3.49. The lowest BCUT2D eigenvalue weighted by molar-refractivity contribution is -0.0526. The van der Waals surface area contributed by atoms with Crippen LogP contribution in [0.3, 0.4) is 0 Å². The van der Waals surface area contributed by atoms with Crippen molar-refractivity contribution in [3.8, 4) is 0 Å². The predicted octanol–water partition coefficient (Wildman–Crippen LogP) is 2.92. The van der Waals surface area contributed by atoms with E-state index in [9.17, 15) is 43.2 Å². The van der Waals surface area contributed by atoms with Crippen LogP contribution in [0.5, 0.6) is 0 Å². The Labute approximate surface area is 138 Å². The van der Waals surface area contributed by atoms with Gasteiger partial charge in [0.05, 0.1) is 0 Å². The second kappa shape index (κ2) is 6.07. The molecule has 0 amide bonds. The molecule has 0 heterocycles. The molecule has 2 aliphatic rings. The average Bonchev–Trinajstić information content (AvgIpc) is 2.33. The number of allylic oxidation sites excluding steroid dienone is 4. The summed E-state index contributed by atoms with van der Waals surface area (Å²) >= 11 is 0. The molecule has 2 bridgehead atoms. The summed E-state index contributed by atoms with van der Waals surface area (Å²) in [4.78, 5) is 0. The fraction of sp³-hybridized carbons (Fsp3) is 0.636. The maximum Gasteiger partial charge on any atom is 0.534 e. The van der Waals surface area contributed by atoms with E-state index in [1.165, 1.54) is 0 Å². The molecule has 0 aromatic rings. The third-order valence-electron chi connectivity index (χ3n) is 3.38. The molecule has 25 heavy (non-hydrogen) atoms. The fourth-order valence-electron chi connectivity index (χ4n) is 2.49. The van der Waals surface area contributed by atoms with E-state index in [0.717, 1.165) is 12.2 Å². The highest BCUT2D eigenvalue weighted by atomic mass is 32.2. The molecular formula is C11H10F6O6S2. The summed E-state index contributed by atoms with van der Waals surface area (Å²) in [5.74, 6) is -2.46. The third kappa shape index (κ3) is 4.40. The zero-order valence-electron chi connectivity index (χ0n) is 12.0. The lowest BCUT2D eigenvalue weighted by atomic mass is 9.79. The summed E-state index contributed by atoms with van der Waals surface area (Å²) in [7, 11) is -11.7. The van der Waals surface area contributed by atoms with E-state index in [1.54, 1.807) is 0 Å². The van der Waals surface area contributed by atoms with Gasteiger partial charge in [0.1, 0.15) is 11.5 Å². The molecule has 0 radical (unpaired) electrons. The van der Waals surface area contributed by atoms with Crippen molar-refractivity contribution in [2.24, 2.45) is 11.8 Å². The second-order valence-corrected chi connectivity index (χ2v) is 8.47. The van der Waals surface area contributed by atoms with E-state index < -0.39 is 54.6 Å². The Bertz CT molecular complexity index is 737. The predicted molar refractivity (Wildman–Crippen MR) is 69.1 cm³/mol. The molecule has 0 aromatic carbocycles. The number of rotatable bonds is 4. The van der Waals surface area contributed by atoms with Gasteiger partial charge in [0.2, 0.25) is 0 Å². The summed E-state index contributed by atoms with van der Waals surface area (Å²) in [6.45, 7) is 0. The topological polar surface area (TPSA) is 86.7 Å². The van der Waals surface area contributed by atoms with Crippen LogP contribution in [0.2, 0.25) is 0 Å². The van der Waals surface area contributed by atoms with Crippen molar-refractivity contribution in [1.29, 1.82) is 0 Å². The maximum absolute atomic E-state index is 12.3. The number of hydrogen-bond acceptors (Lipinski definition) is 6. The van der Waals surface area contributed by atoms with Gasteiger partial charge in [-0.2, -0.15) is 43.2 Å². The molecule has 2 rings (SSSR count). The third-order valence-corrected chi connectivity index (χ3v) is 5.38. The number of fused-ring (bicyclic) bond motifs is 2. The van der Waals surface area contributed by atoms with Crippen LogP contribution in [-0.2, 0) is 28.6 Å².